The summed E-state index contributed by atoms with van der Waals surface area (Å²) in [7, 11) is 0. The number of non-ortho nitro benzene ring substituents is 1. The molecule has 1 aromatic carbocycles. The van der Waals surface area contributed by atoms with Gasteiger partial charge in [-0.1, -0.05) is 0 Å². The van der Waals surface area contributed by atoms with E-state index in [0.717, 1.165) is 12.1 Å². The molecule has 0 bridgehead atoms. The fourth-order valence-corrected chi connectivity index (χ4v) is 1.87. The zero-order valence-corrected chi connectivity index (χ0v) is 11.6. The van der Waals surface area contributed by atoms with Crippen molar-refractivity contribution in [3.05, 3.63) is 39.2 Å². The number of carbonyl (C=O) groups is 1. The van der Waals surface area contributed by atoms with E-state index in [2.05, 4.69) is 0 Å². The largest absolute Gasteiger partial charge is 0.395 e. The number of benzene rings is 1. The van der Waals surface area contributed by atoms with Gasteiger partial charge in [0.2, 0.25) is 0 Å². The van der Waals surface area contributed by atoms with Crippen LogP contribution >= 0.6 is 0 Å². The van der Waals surface area contributed by atoms with Crippen molar-refractivity contribution < 1.29 is 19.2 Å². The Morgan fingerprint density at radius 1 is 1.50 bits per heavy atom. The van der Waals surface area contributed by atoms with E-state index in [1.54, 1.807) is 13.8 Å². The van der Waals surface area contributed by atoms with Crippen LogP contribution in [-0.4, -0.2) is 40.0 Å². The van der Waals surface area contributed by atoms with Gasteiger partial charge < -0.3 is 10.0 Å². The molecule has 0 heterocycles. The minimum Gasteiger partial charge on any atom is -0.395 e. The molecule has 6 nitrogen and oxygen atoms in total. The van der Waals surface area contributed by atoms with Crippen LogP contribution in [0.15, 0.2) is 12.1 Å². The first-order valence-corrected chi connectivity index (χ1v) is 6.16. The molecule has 1 rings (SSSR count). The summed E-state index contributed by atoms with van der Waals surface area (Å²) in [6.07, 6.45) is 0. The molecule has 1 amide bonds. The Labute approximate surface area is 116 Å². The fraction of sp³-hybridized carbons (Fsp3) is 0.462. The summed E-state index contributed by atoms with van der Waals surface area (Å²) < 4.78 is 14.0. The molecule has 1 aromatic rings. The summed E-state index contributed by atoms with van der Waals surface area (Å²) in [4.78, 5) is 23.7. The van der Waals surface area contributed by atoms with Crippen LogP contribution in [0, 0.1) is 22.9 Å². The number of rotatable bonds is 5. The molecule has 20 heavy (non-hydrogen) atoms. The molecular weight excluding hydrogens is 267 g/mol. The van der Waals surface area contributed by atoms with E-state index < -0.39 is 16.6 Å². The number of amides is 1. The highest BCUT2D eigenvalue weighted by molar-refractivity contribution is 5.95. The Hall–Kier alpha value is -2.02. The second-order valence-corrected chi connectivity index (χ2v) is 4.70. The van der Waals surface area contributed by atoms with Crippen molar-refractivity contribution in [1.82, 2.24) is 4.90 Å². The number of carbonyl (C=O) groups excluding carboxylic acids is 1. The number of halogens is 1. The zero-order valence-electron chi connectivity index (χ0n) is 11.6. The van der Waals surface area contributed by atoms with Crippen molar-refractivity contribution in [1.29, 1.82) is 0 Å². The van der Waals surface area contributed by atoms with Gasteiger partial charge in [-0.05, 0) is 26.3 Å². The van der Waals surface area contributed by atoms with Gasteiger partial charge >= 0.3 is 0 Å². The standard InChI is InChI=1S/C13H17FN2O4/c1-8(2)15(4-5-17)13(18)11-7-10(16(19)20)6-9(3)12(11)14/h6-8,17H,4-5H2,1-3H3. The van der Waals surface area contributed by atoms with E-state index in [9.17, 15) is 19.3 Å². The molecule has 110 valence electrons. The van der Waals surface area contributed by atoms with Crippen LogP contribution in [0.5, 0.6) is 0 Å². The normalized spacial score (nSPS) is 10.7. The third-order valence-electron chi connectivity index (χ3n) is 2.91. The van der Waals surface area contributed by atoms with Crippen molar-refractivity contribution in [3.63, 3.8) is 0 Å². The molecule has 0 atom stereocenters. The lowest BCUT2D eigenvalue weighted by atomic mass is 10.1. The zero-order chi connectivity index (χ0) is 15.4. The molecule has 7 heteroatoms. The van der Waals surface area contributed by atoms with Crippen LogP contribution < -0.4 is 0 Å². The highest BCUT2D eigenvalue weighted by Gasteiger charge is 2.25. The van der Waals surface area contributed by atoms with Gasteiger partial charge in [-0.2, -0.15) is 0 Å². The smallest absolute Gasteiger partial charge is 0.270 e. The maximum Gasteiger partial charge on any atom is 0.270 e. The molecular formula is C13H17FN2O4. The maximum absolute atomic E-state index is 14.0. The Bertz CT molecular complexity index is 531. The van der Waals surface area contributed by atoms with Crippen molar-refractivity contribution in [3.8, 4) is 0 Å². The first-order valence-electron chi connectivity index (χ1n) is 6.16. The van der Waals surface area contributed by atoms with Gasteiger partial charge in [0.15, 0.2) is 0 Å². The maximum atomic E-state index is 14.0. The Balaban J connectivity index is 3.29. The van der Waals surface area contributed by atoms with Crippen molar-refractivity contribution in [2.24, 2.45) is 0 Å². The number of hydrogen-bond acceptors (Lipinski definition) is 4. The van der Waals surface area contributed by atoms with E-state index in [0.29, 0.717) is 0 Å². The van der Waals surface area contributed by atoms with E-state index in [1.165, 1.54) is 11.8 Å². The van der Waals surface area contributed by atoms with Gasteiger partial charge in [-0.25, -0.2) is 4.39 Å². The van der Waals surface area contributed by atoms with Crippen LogP contribution in [-0.2, 0) is 0 Å². The van der Waals surface area contributed by atoms with Crippen molar-refractivity contribution >= 4 is 11.6 Å². The van der Waals surface area contributed by atoms with Crippen molar-refractivity contribution in [2.45, 2.75) is 26.8 Å². The molecule has 0 aliphatic rings. The van der Waals surface area contributed by atoms with Gasteiger partial charge in [0, 0.05) is 24.7 Å². The molecule has 0 aliphatic carbocycles. The van der Waals surface area contributed by atoms with Gasteiger partial charge in [0.1, 0.15) is 5.82 Å². The van der Waals surface area contributed by atoms with E-state index in [-0.39, 0.29) is 36.0 Å². The van der Waals surface area contributed by atoms with Gasteiger partial charge in [-0.3, -0.25) is 14.9 Å². The summed E-state index contributed by atoms with van der Waals surface area (Å²) in [6.45, 7) is 4.58. The van der Waals surface area contributed by atoms with E-state index >= 15 is 0 Å². The lowest BCUT2D eigenvalue weighted by Gasteiger charge is -2.26. The molecule has 0 fully saturated rings. The lowest BCUT2D eigenvalue weighted by Crippen LogP contribution is -2.39. The highest BCUT2D eigenvalue weighted by Crippen LogP contribution is 2.22. The van der Waals surface area contributed by atoms with Crippen LogP contribution in [0.25, 0.3) is 0 Å². The van der Waals surface area contributed by atoms with E-state index in [4.69, 9.17) is 5.11 Å². The number of nitro groups is 1. The van der Waals surface area contributed by atoms with Crippen molar-refractivity contribution in [2.75, 3.05) is 13.2 Å². The first kappa shape index (κ1) is 16.0. The molecule has 1 N–H and O–H groups in total. The number of nitro benzene ring substituents is 1. The first-order chi connectivity index (χ1) is 9.29. The second-order valence-electron chi connectivity index (χ2n) is 4.70. The quantitative estimate of drug-likeness (QED) is 0.661. The SMILES string of the molecule is Cc1cc([N+](=O)[O-])cc(C(=O)N(CCO)C(C)C)c1F. The Kier molecular flexibility index (Phi) is 5.15. The summed E-state index contributed by atoms with van der Waals surface area (Å²) in [6, 6.07) is 1.75. The Morgan fingerprint density at radius 2 is 2.10 bits per heavy atom. The summed E-state index contributed by atoms with van der Waals surface area (Å²) >= 11 is 0. The van der Waals surface area contributed by atoms with Crippen LogP contribution in [0.3, 0.4) is 0 Å². The molecule has 0 radical (unpaired) electrons. The average Bonchev–Trinajstić information content (AvgIpc) is 2.37. The lowest BCUT2D eigenvalue weighted by molar-refractivity contribution is -0.385. The number of nitrogens with zero attached hydrogens (tertiary/aromatic N) is 2. The third kappa shape index (κ3) is 3.30. The Morgan fingerprint density at radius 3 is 2.55 bits per heavy atom. The monoisotopic (exact) mass is 284 g/mol. The summed E-state index contributed by atoms with van der Waals surface area (Å²) in [5.74, 6) is -1.44. The predicted octanol–water partition coefficient (Wildman–Crippen LogP) is 1.89. The van der Waals surface area contributed by atoms with Gasteiger partial charge in [-0.15, -0.1) is 0 Å². The third-order valence-corrected chi connectivity index (χ3v) is 2.91. The van der Waals surface area contributed by atoms with Crippen LogP contribution in [0.2, 0.25) is 0 Å². The molecule has 0 aliphatic heterocycles. The summed E-state index contributed by atoms with van der Waals surface area (Å²) in [5.41, 5.74) is -0.644. The molecule has 0 saturated carbocycles. The topological polar surface area (TPSA) is 83.7 Å². The molecule has 0 saturated heterocycles. The average molecular weight is 284 g/mol. The second kappa shape index (κ2) is 6.42. The predicted molar refractivity (Wildman–Crippen MR) is 71.0 cm³/mol. The highest BCUT2D eigenvalue weighted by atomic mass is 19.1. The van der Waals surface area contributed by atoms with Crippen LogP contribution in [0.1, 0.15) is 29.8 Å². The fourth-order valence-electron chi connectivity index (χ4n) is 1.87. The number of aliphatic hydroxyl groups excluding tert-OH is 1. The molecule has 0 spiro atoms. The molecule has 0 unspecified atom stereocenters. The molecule has 0 aromatic heterocycles. The number of aliphatic hydroxyl groups is 1. The van der Waals surface area contributed by atoms with Crippen LogP contribution in [0.4, 0.5) is 10.1 Å². The number of hydrogen-bond donors (Lipinski definition) is 1. The van der Waals surface area contributed by atoms with E-state index in [1.807, 2.05) is 0 Å². The van der Waals surface area contributed by atoms with Gasteiger partial charge in [0.05, 0.1) is 17.1 Å². The minimum absolute atomic E-state index is 0.0373. The van der Waals surface area contributed by atoms with Gasteiger partial charge in [0.25, 0.3) is 11.6 Å². The summed E-state index contributed by atoms with van der Waals surface area (Å²) in [5, 5.41) is 19.7. The minimum atomic E-state index is -0.774. The number of aryl methyl sites for hydroxylation is 1.